The van der Waals surface area contributed by atoms with Crippen LogP contribution >= 0.6 is 0 Å². The lowest BCUT2D eigenvalue weighted by Crippen LogP contribution is -2.51. The zero-order valence-electron chi connectivity index (χ0n) is 10.5. The van der Waals surface area contributed by atoms with Gasteiger partial charge in [-0.3, -0.25) is 4.79 Å². The number of carbonyl (C=O) groups is 1. The molecule has 18 heavy (non-hydrogen) atoms. The molecule has 0 radical (unpaired) electrons. The molecular formula is C14H17N3O. The maximum absolute atomic E-state index is 12.4. The molecule has 0 aromatic heterocycles. The first-order valence-electron chi connectivity index (χ1n) is 6.11. The van der Waals surface area contributed by atoms with E-state index in [2.05, 4.69) is 6.07 Å². The van der Waals surface area contributed by atoms with Crippen LogP contribution in [-0.2, 0) is 4.79 Å². The zero-order chi connectivity index (χ0) is 13.2. The molecule has 1 aromatic carbocycles. The van der Waals surface area contributed by atoms with Gasteiger partial charge in [-0.15, -0.1) is 0 Å². The van der Waals surface area contributed by atoms with Gasteiger partial charge in [0.2, 0.25) is 5.91 Å². The number of hydrogen-bond acceptors (Lipinski definition) is 3. The van der Waals surface area contributed by atoms with Gasteiger partial charge in [-0.05, 0) is 37.1 Å². The van der Waals surface area contributed by atoms with Crippen molar-refractivity contribution in [2.24, 2.45) is 11.1 Å². The maximum Gasteiger partial charge on any atom is 0.234 e. The number of carbonyl (C=O) groups excluding carboxylic acids is 1. The Morgan fingerprint density at radius 1 is 1.44 bits per heavy atom. The number of rotatable bonds is 3. The summed E-state index contributed by atoms with van der Waals surface area (Å²) in [5.41, 5.74) is 6.78. The molecule has 94 valence electrons. The molecule has 0 atom stereocenters. The predicted molar refractivity (Wildman–Crippen MR) is 69.9 cm³/mol. The Balaban J connectivity index is 2.17. The summed E-state index contributed by atoms with van der Waals surface area (Å²) in [5.74, 6) is 0.0842. The predicted octanol–water partition coefficient (Wildman–Crippen LogP) is 1.65. The topological polar surface area (TPSA) is 70.1 Å². The molecule has 1 aromatic rings. The fourth-order valence-electron chi connectivity index (χ4n) is 2.34. The average Bonchev–Trinajstić information content (AvgIpc) is 2.37. The summed E-state index contributed by atoms with van der Waals surface area (Å²) in [6.45, 7) is 0.409. The standard InChI is InChI=1S/C14H17N3O/c1-17(12-5-3-11(9-15)4-6-12)13(18)14(10-16)7-2-8-14/h3-6H,2,7-8,10,16H2,1H3. The molecule has 1 saturated carbocycles. The summed E-state index contributed by atoms with van der Waals surface area (Å²) in [6.07, 6.45) is 2.83. The Hall–Kier alpha value is -1.86. The summed E-state index contributed by atoms with van der Waals surface area (Å²) >= 11 is 0. The van der Waals surface area contributed by atoms with Crippen LogP contribution in [0.5, 0.6) is 0 Å². The Bertz CT molecular complexity index is 477. The molecule has 4 heteroatoms. The van der Waals surface area contributed by atoms with E-state index in [1.807, 2.05) is 0 Å². The normalized spacial score (nSPS) is 16.5. The van der Waals surface area contributed by atoms with E-state index < -0.39 is 0 Å². The van der Waals surface area contributed by atoms with E-state index in [-0.39, 0.29) is 11.3 Å². The van der Waals surface area contributed by atoms with Crippen LogP contribution in [0.1, 0.15) is 24.8 Å². The van der Waals surface area contributed by atoms with E-state index in [4.69, 9.17) is 11.0 Å². The van der Waals surface area contributed by atoms with Crippen LogP contribution in [0.3, 0.4) is 0 Å². The van der Waals surface area contributed by atoms with Gasteiger partial charge in [0.1, 0.15) is 0 Å². The van der Waals surface area contributed by atoms with Gasteiger partial charge in [-0.2, -0.15) is 5.26 Å². The molecule has 1 aliphatic carbocycles. The molecule has 0 unspecified atom stereocenters. The first-order chi connectivity index (χ1) is 8.63. The molecule has 0 spiro atoms. The van der Waals surface area contributed by atoms with Crippen molar-refractivity contribution in [2.45, 2.75) is 19.3 Å². The van der Waals surface area contributed by atoms with Gasteiger partial charge in [0.05, 0.1) is 17.0 Å². The van der Waals surface area contributed by atoms with Gasteiger partial charge >= 0.3 is 0 Å². The van der Waals surface area contributed by atoms with Crippen LogP contribution < -0.4 is 10.6 Å². The molecule has 1 aliphatic rings. The third kappa shape index (κ3) is 1.98. The second-order valence-electron chi connectivity index (χ2n) is 4.86. The van der Waals surface area contributed by atoms with Crippen molar-refractivity contribution in [1.29, 1.82) is 5.26 Å². The number of nitrogens with two attached hydrogens (primary N) is 1. The average molecular weight is 243 g/mol. The molecule has 1 amide bonds. The van der Waals surface area contributed by atoms with E-state index in [1.54, 1.807) is 36.2 Å². The Morgan fingerprint density at radius 2 is 2.06 bits per heavy atom. The highest BCUT2D eigenvalue weighted by atomic mass is 16.2. The third-order valence-corrected chi connectivity index (χ3v) is 3.84. The van der Waals surface area contributed by atoms with Crippen LogP contribution in [-0.4, -0.2) is 19.5 Å². The first kappa shape index (κ1) is 12.6. The number of nitrogens with zero attached hydrogens (tertiary/aromatic N) is 2. The molecular weight excluding hydrogens is 226 g/mol. The van der Waals surface area contributed by atoms with Crippen LogP contribution in [0.2, 0.25) is 0 Å². The molecule has 1 fully saturated rings. The quantitative estimate of drug-likeness (QED) is 0.877. The summed E-state index contributed by atoms with van der Waals surface area (Å²) in [5, 5.41) is 8.74. The van der Waals surface area contributed by atoms with E-state index in [0.717, 1.165) is 24.9 Å². The number of anilines is 1. The van der Waals surface area contributed by atoms with Crippen LogP contribution in [0, 0.1) is 16.7 Å². The molecule has 0 aliphatic heterocycles. The van der Waals surface area contributed by atoms with Gasteiger partial charge in [-0.25, -0.2) is 0 Å². The first-order valence-corrected chi connectivity index (χ1v) is 6.11. The number of nitriles is 1. The lowest BCUT2D eigenvalue weighted by molar-refractivity contribution is -0.131. The minimum Gasteiger partial charge on any atom is -0.329 e. The number of amides is 1. The van der Waals surface area contributed by atoms with Crippen molar-refractivity contribution in [3.63, 3.8) is 0 Å². The molecule has 2 N–H and O–H groups in total. The van der Waals surface area contributed by atoms with Gasteiger partial charge in [-0.1, -0.05) is 6.42 Å². The molecule has 0 heterocycles. The lowest BCUT2D eigenvalue weighted by atomic mass is 9.68. The number of benzene rings is 1. The lowest BCUT2D eigenvalue weighted by Gasteiger charge is -2.41. The highest BCUT2D eigenvalue weighted by Gasteiger charge is 2.44. The zero-order valence-corrected chi connectivity index (χ0v) is 10.5. The Labute approximate surface area is 107 Å². The number of hydrogen-bond donors (Lipinski definition) is 1. The van der Waals surface area contributed by atoms with Gasteiger partial charge in [0.15, 0.2) is 0 Å². The monoisotopic (exact) mass is 243 g/mol. The second kappa shape index (κ2) is 4.79. The van der Waals surface area contributed by atoms with Crippen LogP contribution in [0.25, 0.3) is 0 Å². The minimum atomic E-state index is -0.358. The molecule has 0 saturated heterocycles. The summed E-state index contributed by atoms with van der Waals surface area (Å²) in [4.78, 5) is 14.1. The van der Waals surface area contributed by atoms with Crippen molar-refractivity contribution in [3.8, 4) is 6.07 Å². The Morgan fingerprint density at radius 3 is 2.44 bits per heavy atom. The summed E-state index contributed by atoms with van der Waals surface area (Å²) < 4.78 is 0. The highest BCUT2D eigenvalue weighted by Crippen LogP contribution is 2.42. The minimum absolute atomic E-state index is 0.0842. The van der Waals surface area contributed by atoms with E-state index >= 15 is 0 Å². The van der Waals surface area contributed by atoms with Gasteiger partial charge in [0.25, 0.3) is 0 Å². The molecule has 2 rings (SSSR count). The van der Waals surface area contributed by atoms with Crippen molar-refractivity contribution in [2.75, 3.05) is 18.5 Å². The van der Waals surface area contributed by atoms with Crippen molar-refractivity contribution >= 4 is 11.6 Å². The second-order valence-corrected chi connectivity index (χ2v) is 4.86. The summed E-state index contributed by atoms with van der Waals surface area (Å²) in [6, 6.07) is 9.08. The van der Waals surface area contributed by atoms with Gasteiger partial charge in [0, 0.05) is 19.3 Å². The Kier molecular flexibility index (Phi) is 3.35. The van der Waals surface area contributed by atoms with E-state index in [1.165, 1.54) is 0 Å². The highest BCUT2D eigenvalue weighted by molar-refractivity contribution is 5.97. The van der Waals surface area contributed by atoms with Crippen molar-refractivity contribution in [3.05, 3.63) is 29.8 Å². The third-order valence-electron chi connectivity index (χ3n) is 3.84. The van der Waals surface area contributed by atoms with Crippen LogP contribution in [0.4, 0.5) is 5.69 Å². The van der Waals surface area contributed by atoms with Crippen LogP contribution in [0.15, 0.2) is 24.3 Å². The van der Waals surface area contributed by atoms with Crippen molar-refractivity contribution < 1.29 is 4.79 Å². The molecule has 0 bridgehead atoms. The smallest absolute Gasteiger partial charge is 0.234 e. The van der Waals surface area contributed by atoms with E-state index in [0.29, 0.717) is 12.1 Å². The van der Waals surface area contributed by atoms with Crippen molar-refractivity contribution in [1.82, 2.24) is 0 Å². The largest absolute Gasteiger partial charge is 0.329 e. The fourth-order valence-corrected chi connectivity index (χ4v) is 2.34. The summed E-state index contributed by atoms with van der Waals surface area (Å²) in [7, 11) is 1.76. The fraction of sp³-hybridized carbons (Fsp3) is 0.429. The van der Waals surface area contributed by atoms with Gasteiger partial charge < -0.3 is 10.6 Å². The maximum atomic E-state index is 12.4. The SMILES string of the molecule is CN(C(=O)C1(CN)CCC1)c1ccc(C#N)cc1. The van der Waals surface area contributed by atoms with E-state index in [9.17, 15) is 4.79 Å². The molecule has 4 nitrogen and oxygen atoms in total.